The molecule has 0 N–H and O–H groups in total. The van der Waals surface area contributed by atoms with Crippen LogP contribution >= 0.6 is 0 Å². The van der Waals surface area contributed by atoms with Crippen LogP contribution in [0.15, 0.2) is 0 Å². The first-order valence-electron chi connectivity index (χ1n) is 14.2. The van der Waals surface area contributed by atoms with E-state index in [9.17, 15) is 0 Å². The van der Waals surface area contributed by atoms with E-state index in [1.807, 2.05) is 6.92 Å². The third kappa shape index (κ3) is 13.3. The highest BCUT2D eigenvalue weighted by molar-refractivity contribution is 6.60. The van der Waals surface area contributed by atoms with Crippen molar-refractivity contribution in [2.24, 2.45) is 0 Å². The van der Waals surface area contributed by atoms with Crippen LogP contribution in [0.3, 0.4) is 0 Å². The number of ether oxygens (including phenoxy) is 4. The number of hydrogen-bond donors (Lipinski definition) is 0. The van der Waals surface area contributed by atoms with Gasteiger partial charge in [0.25, 0.3) is 0 Å². The molecule has 0 bridgehead atoms. The Labute approximate surface area is 218 Å². The third-order valence-corrected chi connectivity index (χ3v) is 9.15. The van der Waals surface area contributed by atoms with Gasteiger partial charge in [-0.1, -0.05) is 79.1 Å². The van der Waals surface area contributed by atoms with E-state index in [0.717, 1.165) is 57.4 Å². The molecule has 212 valence electrons. The normalized spacial score (nSPS) is 14.4. The molecule has 0 aliphatic heterocycles. The lowest BCUT2D eigenvalue weighted by Gasteiger charge is -2.44. The van der Waals surface area contributed by atoms with Crippen molar-refractivity contribution in [1.29, 1.82) is 0 Å². The molecule has 8 heteroatoms. The van der Waals surface area contributed by atoms with Gasteiger partial charge in [-0.15, -0.1) is 0 Å². The van der Waals surface area contributed by atoms with E-state index >= 15 is 0 Å². The van der Waals surface area contributed by atoms with Crippen molar-refractivity contribution >= 4 is 8.80 Å². The Morgan fingerprint density at radius 1 is 0.629 bits per heavy atom. The summed E-state index contributed by atoms with van der Waals surface area (Å²) in [5, 5.41) is 0. The Balaban J connectivity index is 5.81. The molecule has 0 aromatic heterocycles. The monoisotopic (exact) mass is 522 g/mol. The van der Waals surface area contributed by atoms with Gasteiger partial charge in [-0.3, -0.25) is 0 Å². The van der Waals surface area contributed by atoms with Crippen molar-refractivity contribution in [1.82, 2.24) is 0 Å². The van der Waals surface area contributed by atoms with Crippen LogP contribution in [0, 0.1) is 0 Å². The summed E-state index contributed by atoms with van der Waals surface area (Å²) in [6.07, 6.45) is 11.7. The molecule has 2 unspecified atom stereocenters. The minimum Gasteiger partial charge on any atom is -0.377 e. The lowest BCUT2D eigenvalue weighted by Crippen LogP contribution is -2.62. The standard InChI is InChI=1S/C27H58O7Si/c1-9-13-17-18-19-20-24-35(29-7,30-8)34-26(28-6)27(32-22-15-11-3,33-23-16-12-4)25(5)31-21-14-10-2/h25-26H,9-24H2,1-8H3. The Hall–Kier alpha value is -0.0631. The molecular formula is C27H58O7Si. The highest BCUT2D eigenvalue weighted by Crippen LogP contribution is 2.33. The van der Waals surface area contributed by atoms with Gasteiger partial charge >= 0.3 is 8.80 Å². The number of rotatable bonds is 26. The van der Waals surface area contributed by atoms with Gasteiger partial charge in [-0.2, -0.15) is 0 Å². The molecule has 0 saturated heterocycles. The van der Waals surface area contributed by atoms with E-state index in [4.69, 9.17) is 32.2 Å². The van der Waals surface area contributed by atoms with Crippen molar-refractivity contribution < 1.29 is 32.2 Å². The maximum atomic E-state index is 6.61. The van der Waals surface area contributed by atoms with Gasteiger partial charge in [-0.25, -0.2) is 0 Å². The van der Waals surface area contributed by atoms with Crippen molar-refractivity contribution in [2.45, 2.75) is 136 Å². The van der Waals surface area contributed by atoms with E-state index in [1.54, 1.807) is 21.3 Å². The third-order valence-electron chi connectivity index (χ3n) is 6.37. The molecular weight excluding hydrogens is 464 g/mol. The van der Waals surface area contributed by atoms with Crippen LogP contribution in [-0.2, 0) is 32.2 Å². The summed E-state index contributed by atoms with van der Waals surface area (Å²) in [4.78, 5) is 0. The Bertz CT molecular complexity index is 453. The molecule has 0 spiro atoms. The fraction of sp³-hybridized carbons (Fsp3) is 1.00. The summed E-state index contributed by atoms with van der Waals surface area (Å²) in [5.74, 6) is -1.22. The lowest BCUT2D eigenvalue weighted by atomic mass is 10.1. The van der Waals surface area contributed by atoms with E-state index in [0.29, 0.717) is 19.8 Å². The average Bonchev–Trinajstić information content (AvgIpc) is 2.87. The van der Waals surface area contributed by atoms with E-state index in [1.165, 1.54) is 25.7 Å². The maximum Gasteiger partial charge on any atom is 0.502 e. The molecule has 0 radical (unpaired) electrons. The fourth-order valence-electron chi connectivity index (χ4n) is 3.90. The molecule has 0 aliphatic carbocycles. The molecule has 0 aromatic rings. The predicted molar refractivity (Wildman–Crippen MR) is 145 cm³/mol. The van der Waals surface area contributed by atoms with E-state index in [2.05, 4.69) is 27.7 Å². The Kier molecular flexibility index (Phi) is 21.9. The van der Waals surface area contributed by atoms with Gasteiger partial charge in [0.2, 0.25) is 12.1 Å². The quantitative estimate of drug-likeness (QED) is 0.0681. The predicted octanol–water partition coefficient (Wildman–Crippen LogP) is 7.10. The summed E-state index contributed by atoms with van der Waals surface area (Å²) in [7, 11) is 1.93. The lowest BCUT2D eigenvalue weighted by molar-refractivity contribution is -0.370. The SMILES string of the molecule is CCCCCCCC[Si](OC)(OC)OC(OC)C(OCCCC)(OCCCC)C(C)OCCCC. The van der Waals surface area contributed by atoms with Gasteiger partial charge in [0, 0.05) is 34.0 Å². The zero-order valence-corrected chi connectivity index (χ0v) is 25.3. The van der Waals surface area contributed by atoms with Crippen LogP contribution < -0.4 is 0 Å². The first-order valence-corrected chi connectivity index (χ1v) is 16.1. The highest BCUT2D eigenvalue weighted by Gasteiger charge is 2.54. The van der Waals surface area contributed by atoms with Gasteiger partial charge in [0.05, 0.1) is 13.2 Å². The Morgan fingerprint density at radius 2 is 1.11 bits per heavy atom. The Morgan fingerprint density at radius 3 is 1.60 bits per heavy atom. The number of unbranched alkanes of at least 4 members (excludes halogenated alkanes) is 8. The zero-order valence-electron chi connectivity index (χ0n) is 24.3. The molecule has 0 aliphatic rings. The topological polar surface area (TPSA) is 64.6 Å². The van der Waals surface area contributed by atoms with Gasteiger partial charge in [0.15, 0.2) is 0 Å². The molecule has 0 saturated carbocycles. The number of hydrogen-bond acceptors (Lipinski definition) is 7. The summed E-state index contributed by atoms with van der Waals surface area (Å²) in [6, 6.07) is 0.719. The second kappa shape index (κ2) is 22.0. The largest absolute Gasteiger partial charge is 0.502 e. The summed E-state index contributed by atoms with van der Waals surface area (Å²) in [5.41, 5.74) is 0. The highest BCUT2D eigenvalue weighted by atomic mass is 28.4. The molecule has 0 amide bonds. The zero-order chi connectivity index (χ0) is 26.4. The molecule has 0 rings (SSSR count). The van der Waals surface area contributed by atoms with Crippen molar-refractivity contribution in [3.05, 3.63) is 0 Å². The molecule has 2 atom stereocenters. The fourth-order valence-corrected chi connectivity index (χ4v) is 6.05. The van der Waals surface area contributed by atoms with Crippen LogP contribution in [0.2, 0.25) is 6.04 Å². The van der Waals surface area contributed by atoms with Crippen molar-refractivity contribution in [2.75, 3.05) is 41.2 Å². The summed E-state index contributed by atoms with van der Waals surface area (Å²) < 4.78 is 43.6. The van der Waals surface area contributed by atoms with Crippen molar-refractivity contribution in [3.8, 4) is 0 Å². The van der Waals surface area contributed by atoms with Crippen molar-refractivity contribution in [3.63, 3.8) is 0 Å². The summed E-state index contributed by atoms with van der Waals surface area (Å²) in [6.45, 7) is 12.3. The second-order valence-corrected chi connectivity index (χ2v) is 12.2. The first kappa shape index (κ1) is 34.9. The molecule has 35 heavy (non-hydrogen) atoms. The minimum absolute atomic E-state index is 0.401. The molecule has 7 nitrogen and oxygen atoms in total. The van der Waals surface area contributed by atoms with Crippen LogP contribution in [0.1, 0.15) is 112 Å². The van der Waals surface area contributed by atoms with Gasteiger partial charge in [-0.05, 0) is 32.6 Å². The van der Waals surface area contributed by atoms with Crippen LogP contribution in [0.25, 0.3) is 0 Å². The van der Waals surface area contributed by atoms with E-state index < -0.39 is 27.0 Å². The molecule has 0 fully saturated rings. The van der Waals surface area contributed by atoms with Crippen LogP contribution in [0.4, 0.5) is 0 Å². The summed E-state index contributed by atoms with van der Waals surface area (Å²) >= 11 is 0. The number of methoxy groups -OCH3 is 1. The molecule has 0 aromatic carbocycles. The molecule has 0 heterocycles. The van der Waals surface area contributed by atoms with E-state index in [-0.39, 0.29) is 0 Å². The van der Waals surface area contributed by atoms with Gasteiger partial charge in [0.1, 0.15) is 6.10 Å². The van der Waals surface area contributed by atoms with Gasteiger partial charge < -0.3 is 32.2 Å². The second-order valence-electron chi connectivity index (χ2n) is 9.29. The van der Waals surface area contributed by atoms with Crippen LogP contribution in [0.5, 0.6) is 0 Å². The first-order chi connectivity index (χ1) is 17.0. The maximum absolute atomic E-state index is 6.61. The smallest absolute Gasteiger partial charge is 0.377 e. The van der Waals surface area contributed by atoms with Crippen LogP contribution in [-0.4, -0.2) is 68.1 Å². The average molecular weight is 523 g/mol. The minimum atomic E-state index is -3.03.